The van der Waals surface area contributed by atoms with Crippen LogP contribution in [0.25, 0.3) is 0 Å². The third-order valence-electron chi connectivity index (χ3n) is 3.44. The number of aromatic nitrogens is 3. The third-order valence-corrected chi connectivity index (χ3v) is 3.44. The SMILES string of the molecule is CCC(C)(NC(=O)c1cc(Cn2cc(C)cn2)on1)C(=O)O. The molecule has 8 heteroatoms. The maximum atomic E-state index is 12.1. The smallest absolute Gasteiger partial charge is 0.329 e. The molecule has 0 aliphatic rings. The van der Waals surface area contributed by atoms with Crippen molar-refractivity contribution < 1.29 is 19.2 Å². The van der Waals surface area contributed by atoms with Crippen LogP contribution in [0.1, 0.15) is 42.1 Å². The molecule has 1 atom stereocenters. The van der Waals surface area contributed by atoms with Crippen LogP contribution in [0.5, 0.6) is 0 Å². The maximum Gasteiger partial charge on any atom is 0.329 e. The quantitative estimate of drug-likeness (QED) is 0.830. The summed E-state index contributed by atoms with van der Waals surface area (Å²) in [5, 5.41) is 19.4. The fourth-order valence-electron chi connectivity index (χ4n) is 1.82. The fraction of sp³-hybridized carbons (Fsp3) is 0.429. The molecule has 118 valence electrons. The Morgan fingerprint density at radius 1 is 1.50 bits per heavy atom. The molecule has 2 heterocycles. The van der Waals surface area contributed by atoms with Crippen molar-refractivity contribution in [2.45, 2.75) is 39.3 Å². The van der Waals surface area contributed by atoms with Crippen LogP contribution >= 0.6 is 0 Å². The molecule has 1 unspecified atom stereocenters. The minimum Gasteiger partial charge on any atom is -0.480 e. The van der Waals surface area contributed by atoms with Gasteiger partial charge in [-0.3, -0.25) is 9.48 Å². The van der Waals surface area contributed by atoms with Crippen LogP contribution in [0.15, 0.2) is 23.0 Å². The number of carboxylic acid groups (broad SMARTS) is 1. The normalized spacial score (nSPS) is 13.6. The number of aliphatic carboxylic acids is 1. The van der Waals surface area contributed by atoms with E-state index in [4.69, 9.17) is 9.63 Å². The zero-order valence-electron chi connectivity index (χ0n) is 12.7. The second-order valence-corrected chi connectivity index (χ2v) is 5.34. The number of hydrogen-bond donors (Lipinski definition) is 2. The van der Waals surface area contributed by atoms with Crippen LogP contribution in [0, 0.1) is 6.92 Å². The van der Waals surface area contributed by atoms with Crippen molar-refractivity contribution in [1.82, 2.24) is 20.3 Å². The molecule has 2 rings (SSSR count). The summed E-state index contributed by atoms with van der Waals surface area (Å²) in [7, 11) is 0. The number of carbonyl (C=O) groups is 2. The van der Waals surface area contributed by atoms with Gasteiger partial charge in [-0.25, -0.2) is 4.79 Å². The van der Waals surface area contributed by atoms with Gasteiger partial charge in [0, 0.05) is 12.3 Å². The Kier molecular flexibility index (Phi) is 4.30. The highest BCUT2D eigenvalue weighted by molar-refractivity contribution is 5.96. The highest BCUT2D eigenvalue weighted by Gasteiger charge is 2.33. The lowest BCUT2D eigenvalue weighted by atomic mass is 9.99. The van der Waals surface area contributed by atoms with E-state index < -0.39 is 17.4 Å². The highest BCUT2D eigenvalue weighted by atomic mass is 16.5. The summed E-state index contributed by atoms with van der Waals surface area (Å²) < 4.78 is 6.75. The standard InChI is InChI=1S/C14H18N4O4/c1-4-14(3,13(20)21)16-12(19)11-5-10(22-17-11)8-18-7-9(2)6-15-18/h5-7H,4,8H2,1-3H3,(H,16,19)(H,20,21). The Labute approximate surface area is 127 Å². The molecule has 2 aromatic rings. The number of hydrogen-bond acceptors (Lipinski definition) is 5. The van der Waals surface area contributed by atoms with E-state index >= 15 is 0 Å². The summed E-state index contributed by atoms with van der Waals surface area (Å²) in [6, 6.07) is 1.48. The molecule has 1 amide bonds. The van der Waals surface area contributed by atoms with E-state index in [2.05, 4.69) is 15.6 Å². The number of nitrogens with one attached hydrogen (secondary N) is 1. The number of nitrogens with zero attached hydrogens (tertiary/aromatic N) is 3. The molecule has 0 radical (unpaired) electrons. The van der Waals surface area contributed by atoms with Gasteiger partial charge < -0.3 is 14.9 Å². The van der Waals surface area contributed by atoms with Crippen molar-refractivity contribution in [2.24, 2.45) is 0 Å². The first kappa shape index (κ1) is 15.7. The fourth-order valence-corrected chi connectivity index (χ4v) is 1.82. The summed E-state index contributed by atoms with van der Waals surface area (Å²) in [5.74, 6) is -1.22. The van der Waals surface area contributed by atoms with E-state index in [-0.39, 0.29) is 12.1 Å². The molecule has 0 saturated heterocycles. The maximum absolute atomic E-state index is 12.1. The molecule has 0 aliphatic heterocycles. The van der Waals surface area contributed by atoms with Crippen LogP contribution in [-0.2, 0) is 11.3 Å². The van der Waals surface area contributed by atoms with Crippen LogP contribution in [-0.4, -0.2) is 37.5 Å². The van der Waals surface area contributed by atoms with Gasteiger partial charge in [-0.15, -0.1) is 0 Å². The van der Waals surface area contributed by atoms with Crippen LogP contribution < -0.4 is 5.32 Å². The van der Waals surface area contributed by atoms with Crippen molar-refractivity contribution in [3.05, 3.63) is 35.5 Å². The lowest BCUT2D eigenvalue weighted by Crippen LogP contribution is -2.51. The monoisotopic (exact) mass is 306 g/mol. The van der Waals surface area contributed by atoms with E-state index in [0.29, 0.717) is 12.3 Å². The van der Waals surface area contributed by atoms with Gasteiger partial charge in [0.25, 0.3) is 5.91 Å². The molecule has 0 saturated carbocycles. The predicted molar refractivity (Wildman–Crippen MR) is 76.4 cm³/mol. The van der Waals surface area contributed by atoms with E-state index in [0.717, 1.165) is 5.56 Å². The molecule has 0 fully saturated rings. The average molecular weight is 306 g/mol. The number of amides is 1. The van der Waals surface area contributed by atoms with Gasteiger partial charge in [0.05, 0.1) is 6.20 Å². The first-order chi connectivity index (χ1) is 10.3. The first-order valence-electron chi connectivity index (χ1n) is 6.84. The first-order valence-corrected chi connectivity index (χ1v) is 6.84. The molecule has 8 nitrogen and oxygen atoms in total. The summed E-state index contributed by atoms with van der Waals surface area (Å²) in [6.45, 7) is 5.39. The van der Waals surface area contributed by atoms with Crippen LogP contribution in [0.2, 0.25) is 0 Å². The summed E-state index contributed by atoms with van der Waals surface area (Å²) in [5.41, 5.74) is -0.285. The molecule has 0 aliphatic carbocycles. The number of carbonyl (C=O) groups excluding carboxylic acids is 1. The molecule has 2 aromatic heterocycles. The zero-order chi connectivity index (χ0) is 16.3. The molecule has 0 spiro atoms. The number of carboxylic acids is 1. The van der Waals surface area contributed by atoms with Crippen molar-refractivity contribution in [2.75, 3.05) is 0 Å². The minimum absolute atomic E-state index is 0.0415. The Bertz CT molecular complexity index is 691. The molecule has 2 N–H and O–H groups in total. The van der Waals surface area contributed by atoms with Gasteiger partial charge >= 0.3 is 5.97 Å². The second kappa shape index (κ2) is 6.00. The second-order valence-electron chi connectivity index (χ2n) is 5.34. The van der Waals surface area contributed by atoms with Crippen molar-refractivity contribution in [3.8, 4) is 0 Å². The van der Waals surface area contributed by atoms with Crippen LogP contribution in [0.4, 0.5) is 0 Å². The van der Waals surface area contributed by atoms with Crippen molar-refractivity contribution >= 4 is 11.9 Å². The Morgan fingerprint density at radius 3 is 2.77 bits per heavy atom. The van der Waals surface area contributed by atoms with Gasteiger partial charge in [-0.2, -0.15) is 5.10 Å². The van der Waals surface area contributed by atoms with Crippen LogP contribution in [0.3, 0.4) is 0 Å². The summed E-state index contributed by atoms with van der Waals surface area (Å²) in [6.07, 6.45) is 3.80. The Morgan fingerprint density at radius 2 is 2.23 bits per heavy atom. The van der Waals surface area contributed by atoms with E-state index in [1.165, 1.54) is 13.0 Å². The van der Waals surface area contributed by atoms with E-state index in [1.54, 1.807) is 17.8 Å². The Balaban J connectivity index is 2.07. The summed E-state index contributed by atoms with van der Waals surface area (Å²) >= 11 is 0. The molecule has 22 heavy (non-hydrogen) atoms. The molecule has 0 bridgehead atoms. The largest absolute Gasteiger partial charge is 0.480 e. The lowest BCUT2D eigenvalue weighted by Gasteiger charge is -2.23. The highest BCUT2D eigenvalue weighted by Crippen LogP contribution is 2.12. The van der Waals surface area contributed by atoms with Crippen molar-refractivity contribution in [1.29, 1.82) is 0 Å². The van der Waals surface area contributed by atoms with Gasteiger partial charge in [0.1, 0.15) is 12.1 Å². The molecule has 0 aromatic carbocycles. The molecular formula is C14H18N4O4. The lowest BCUT2D eigenvalue weighted by molar-refractivity contribution is -0.143. The minimum atomic E-state index is -1.34. The summed E-state index contributed by atoms with van der Waals surface area (Å²) in [4.78, 5) is 23.3. The zero-order valence-corrected chi connectivity index (χ0v) is 12.7. The predicted octanol–water partition coefficient (Wildman–Crippen LogP) is 1.21. The molecular weight excluding hydrogens is 288 g/mol. The third kappa shape index (κ3) is 3.33. The number of rotatable bonds is 6. The number of aryl methyl sites for hydroxylation is 1. The van der Waals surface area contributed by atoms with Gasteiger partial charge in [-0.05, 0) is 25.8 Å². The van der Waals surface area contributed by atoms with Gasteiger partial charge in [-0.1, -0.05) is 12.1 Å². The van der Waals surface area contributed by atoms with E-state index in [1.807, 2.05) is 13.1 Å². The van der Waals surface area contributed by atoms with E-state index in [9.17, 15) is 9.59 Å². The van der Waals surface area contributed by atoms with Gasteiger partial charge in [0.15, 0.2) is 11.5 Å². The average Bonchev–Trinajstić information content (AvgIpc) is 3.08. The van der Waals surface area contributed by atoms with Gasteiger partial charge in [0.2, 0.25) is 0 Å². The topological polar surface area (TPSA) is 110 Å². The van der Waals surface area contributed by atoms with Crippen molar-refractivity contribution in [3.63, 3.8) is 0 Å². The Hall–Kier alpha value is -2.64.